The lowest BCUT2D eigenvalue weighted by molar-refractivity contribution is 0.998. The third-order valence-electron chi connectivity index (χ3n) is 8.87. The van der Waals surface area contributed by atoms with Crippen LogP contribution in [0.3, 0.4) is 0 Å². The van der Waals surface area contributed by atoms with Gasteiger partial charge >= 0.3 is 0 Å². The van der Waals surface area contributed by atoms with Crippen molar-refractivity contribution in [2.45, 2.75) is 26.7 Å². The van der Waals surface area contributed by atoms with E-state index in [0.29, 0.717) is 0 Å². The summed E-state index contributed by atoms with van der Waals surface area (Å²) in [5, 5.41) is 7.66. The smallest absolute Gasteiger partial charge is 0.0540 e. The highest BCUT2D eigenvalue weighted by atomic mass is 15.2. The SMILES string of the molecule is Cc1cccc(N(C2=CCCC=C2)c2ccc3ccc4c(N(c5ccccc5)c5cccc(C)c5)ccc5ccc2c3c54)c1. The summed E-state index contributed by atoms with van der Waals surface area (Å²) in [5.41, 5.74) is 9.62. The fourth-order valence-electron chi connectivity index (χ4n) is 6.89. The van der Waals surface area contributed by atoms with E-state index >= 15 is 0 Å². The molecule has 7 aromatic carbocycles. The monoisotopic (exact) mass is 566 g/mol. The predicted molar refractivity (Wildman–Crippen MR) is 189 cm³/mol. The third kappa shape index (κ3) is 4.42. The Morgan fingerprint density at radius 1 is 0.477 bits per heavy atom. The van der Waals surface area contributed by atoms with Gasteiger partial charge in [0.2, 0.25) is 0 Å². The number of anilines is 5. The Hall–Kier alpha value is -5.34. The summed E-state index contributed by atoms with van der Waals surface area (Å²) in [6, 6.07) is 46.8. The van der Waals surface area contributed by atoms with E-state index < -0.39 is 0 Å². The zero-order chi connectivity index (χ0) is 29.6. The molecule has 7 aromatic rings. The van der Waals surface area contributed by atoms with Gasteiger partial charge in [-0.05, 0) is 114 Å². The molecule has 44 heavy (non-hydrogen) atoms. The molecule has 0 heterocycles. The van der Waals surface area contributed by atoms with Gasteiger partial charge in [-0.3, -0.25) is 0 Å². The number of hydrogen-bond acceptors (Lipinski definition) is 2. The zero-order valence-electron chi connectivity index (χ0n) is 25.2. The normalized spacial score (nSPS) is 13.1. The molecule has 212 valence electrons. The van der Waals surface area contributed by atoms with Gasteiger partial charge in [-0.25, -0.2) is 0 Å². The van der Waals surface area contributed by atoms with Crippen LogP contribution in [-0.4, -0.2) is 0 Å². The Kier molecular flexibility index (Phi) is 6.42. The fourth-order valence-corrected chi connectivity index (χ4v) is 6.89. The van der Waals surface area contributed by atoms with E-state index in [2.05, 4.69) is 169 Å². The summed E-state index contributed by atoms with van der Waals surface area (Å²) < 4.78 is 0. The van der Waals surface area contributed by atoms with Gasteiger partial charge in [0.15, 0.2) is 0 Å². The second-order valence-corrected chi connectivity index (χ2v) is 11.9. The molecule has 0 aliphatic heterocycles. The van der Waals surface area contributed by atoms with Gasteiger partial charge in [0, 0.05) is 33.5 Å². The lowest BCUT2D eigenvalue weighted by atomic mass is 9.91. The molecule has 2 nitrogen and oxygen atoms in total. The second kappa shape index (κ2) is 10.7. The summed E-state index contributed by atoms with van der Waals surface area (Å²) in [5.74, 6) is 0. The summed E-state index contributed by atoms with van der Waals surface area (Å²) in [4.78, 5) is 4.84. The van der Waals surface area contributed by atoms with Gasteiger partial charge in [-0.1, -0.05) is 91.0 Å². The second-order valence-electron chi connectivity index (χ2n) is 11.9. The minimum absolute atomic E-state index is 1.05. The summed E-state index contributed by atoms with van der Waals surface area (Å²) >= 11 is 0. The van der Waals surface area contributed by atoms with Crippen LogP contribution in [0.4, 0.5) is 28.4 Å². The zero-order valence-corrected chi connectivity index (χ0v) is 25.2. The van der Waals surface area contributed by atoms with Crippen molar-refractivity contribution in [3.05, 3.63) is 162 Å². The van der Waals surface area contributed by atoms with Gasteiger partial charge < -0.3 is 9.80 Å². The van der Waals surface area contributed by atoms with Crippen molar-refractivity contribution in [2.75, 3.05) is 9.80 Å². The molecule has 8 rings (SSSR count). The molecular formula is C42H34N2. The lowest BCUT2D eigenvalue weighted by Crippen LogP contribution is -2.16. The maximum Gasteiger partial charge on any atom is 0.0540 e. The summed E-state index contributed by atoms with van der Waals surface area (Å²) in [6.45, 7) is 4.33. The molecule has 0 amide bonds. The molecule has 0 aromatic heterocycles. The van der Waals surface area contributed by atoms with Gasteiger partial charge in [0.05, 0.1) is 11.4 Å². The van der Waals surface area contributed by atoms with Crippen molar-refractivity contribution in [3.8, 4) is 0 Å². The van der Waals surface area contributed by atoms with Crippen LogP contribution in [0.15, 0.2) is 151 Å². The third-order valence-corrected chi connectivity index (χ3v) is 8.87. The van der Waals surface area contributed by atoms with Crippen molar-refractivity contribution < 1.29 is 0 Å². The number of allylic oxidation sites excluding steroid dienone is 3. The number of aryl methyl sites for hydroxylation is 2. The largest absolute Gasteiger partial charge is 0.310 e. The van der Waals surface area contributed by atoms with Gasteiger partial charge in [0.1, 0.15) is 0 Å². The number of hydrogen-bond donors (Lipinski definition) is 0. The molecule has 1 aliphatic rings. The minimum Gasteiger partial charge on any atom is -0.310 e. The molecule has 0 saturated carbocycles. The molecule has 1 aliphatic carbocycles. The van der Waals surface area contributed by atoms with Crippen molar-refractivity contribution in [1.29, 1.82) is 0 Å². The standard InChI is InChI=1S/C42H34N2/c1-29-11-9-17-35(27-29)43(33-13-5-3-6-14-33)39-25-21-31-20-24-38-40(26-22-32-19-23-37(39)41(31)42(32)38)44(34-15-7-4-8-16-34)36-18-10-12-30(2)28-36/h3,5-7,9-28H,4,8H2,1-2H3. The van der Waals surface area contributed by atoms with Crippen molar-refractivity contribution in [3.63, 3.8) is 0 Å². The van der Waals surface area contributed by atoms with Crippen LogP contribution >= 0.6 is 0 Å². The van der Waals surface area contributed by atoms with Crippen LogP contribution < -0.4 is 9.80 Å². The number of benzene rings is 7. The molecule has 0 fully saturated rings. The van der Waals surface area contributed by atoms with Crippen molar-refractivity contribution in [2.24, 2.45) is 0 Å². The first-order valence-electron chi connectivity index (χ1n) is 15.5. The van der Waals surface area contributed by atoms with E-state index in [9.17, 15) is 0 Å². The Morgan fingerprint density at radius 2 is 1.02 bits per heavy atom. The highest BCUT2D eigenvalue weighted by Gasteiger charge is 2.22. The van der Waals surface area contributed by atoms with Crippen molar-refractivity contribution >= 4 is 60.8 Å². The van der Waals surface area contributed by atoms with E-state index in [1.54, 1.807) is 0 Å². The fraction of sp³-hybridized carbons (Fsp3) is 0.0952. The molecule has 0 unspecified atom stereocenters. The van der Waals surface area contributed by atoms with E-state index in [0.717, 1.165) is 24.2 Å². The summed E-state index contributed by atoms with van der Waals surface area (Å²) in [6.07, 6.45) is 9.09. The maximum absolute atomic E-state index is 2.44. The lowest BCUT2D eigenvalue weighted by Gasteiger charge is -2.30. The van der Waals surface area contributed by atoms with Crippen LogP contribution in [0.2, 0.25) is 0 Å². The average molecular weight is 567 g/mol. The highest BCUT2D eigenvalue weighted by Crippen LogP contribution is 2.47. The highest BCUT2D eigenvalue weighted by molar-refractivity contribution is 6.28. The first-order chi connectivity index (χ1) is 21.7. The van der Waals surface area contributed by atoms with Crippen LogP contribution in [0.25, 0.3) is 32.3 Å². The van der Waals surface area contributed by atoms with Gasteiger partial charge in [-0.15, -0.1) is 0 Å². The first-order valence-corrected chi connectivity index (χ1v) is 15.5. The minimum atomic E-state index is 1.05. The Balaban J connectivity index is 1.41. The molecule has 0 N–H and O–H groups in total. The topological polar surface area (TPSA) is 6.48 Å². The quantitative estimate of drug-likeness (QED) is 0.185. The molecule has 0 saturated heterocycles. The van der Waals surface area contributed by atoms with Crippen LogP contribution in [0, 0.1) is 13.8 Å². The molecule has 0 spiro atoms. The Morgan fingerprint density at radius 3 is 1.59 bits per heavy atom. The summed E-state index contributed by atoms with van der Waals surface area (Å²) in [7, 11) is 0. The van der Waals surface area contributed by atoms with Crippen LogP contribution in [0.1, 0.15) is 24.0 Å². The van der Waals surface area contributed by atoms with E-state index in [1.165, 1.54) is 66.2 Å². The van der Waals surface area contributed by atoms with Crippen LogP contribution in [0.5, 0.6) is 0 Å². The molecular weight excluding hydrogens is 532 g/mol. The molecule has 0 bridgehead atoms. The Bertz CT molecular complexity index is 2210. The number of rotatable bonds is 6. The van der Waals surface area contributed by atoms with Gasteiger partial charge in [0.25, 0.3) is 0 Å². The van der Waals surface area contributed by atoms with Gasteiger partial charge in [-0.2, -0.15) is 0 Å². The van der Waals surface area contributed by atoms with Crippen molar-refractivity contribution in [1.82, 2.24) is 0 Å². The van der Waals surface area contributed by atoms with E-state index in [4.69, 9.17) is 0 Å². The Labute approximate surface area is 259 Å². The van der Waals surface area contributed by atoms with Crippen LogP contribution in [-0.2, 0) is 0 Å². The predicted octanol–water partition coefficient (Wildman–Crippen LogP) is 12.0. The maximum atomic E-state index is 2.44. The number of para-hydroxylation sites is 1. The molecule has 0 radical (unpaired) electrons. The van der Waals surface area contributed by atoms with E-state index in [-0.39, 0.29) is 0 Å². The average Bonchev–Trinajstić information content (AvgIpc) is 3.06. The number of nitrogens with zero attached hydrogens (tertiary/aromatic N) is 2. The first kappa shape index (κ1) is 26.3. The molecule has 0 atom stereocenters. The van der Waals surface area contributed by atoms with E-state index in [1.807, 2.05) is 0 Å². The molecule has 2 heteroatoms.